The van der Waals surface area contributed by atoms with Gasteiger partial charge in [0.25, 0.3) is 0 Å². The van der Waals surface area contributed by atoms with Crippen molar-refractivity contribution in [2.75, 3.05) is 24.7 Å². The Morgan fingerprint density at radius 1 is 1.39 bits per heavy atom. The lowest BCUT2D eigenvalue weighted by Crippen LogP contribution is -2.12. The standard InChI is InChI=1S/C9H14N8O/c1-17-5-12-16-6(17)3-4-11-8-13-7(10)14-9(15-8)18-2/h5H,3-4H2,1-2H3,(H3,10,11,13,14,15). The molecule has 18 heavy (non-hydrogen) atoms. The molecule has 2 rings (SSSR count). The van der Waals surface area contributed by atoms with E-state index in [1.165, 1.54) is 7.11 Å². The van der Waals surface area contributed by atoms with Gasteiger partial charge in [0.05, 0.1) is 7.11 Å². The Morgan fingerprint density at radius 2 is 2.22 bits per heavy atom. The molecule has 96 valence electrons. The number of nitrogens with one attached hydrogen (secondary N) is 1. The maximum Gasteiger partial charge on any atom is 0.322 e. The lowest BCUT2D eigenvalue weighted by Gasteiger charge is -2.06. The van der Waals surface area contributed by atoms with Crippen molar-refractivity contribution >= 4 is 11.9 Å². The molecular formula is C9H14N8O. The average molecular weight is 250 g/mol. The minimum absolute atomic E-state index is 0.114. The Morgan fingerprint density at radius 3 is 2.89 bits per heavy atom. The van der Waals surface area contributed by atoms with E-state index in [0.717, 1.165) is 5.82 Å². The van der Waals surface area contributed by atoms with Crippen molar-refractivity contribution in [3.63, 3.8) is 0 Å². The molecule has 2 aromatic heterocycles. The van der Waals surface area contributed by atoms with E-state index in [9.17, 15) is 0 Å². The number of hydrogen-bond acceptors (Lipinski definition) is 8. The highest BCUT2D eigenvalue weighted by atomic mass is 16.5. The number of anilines is 2. The second-order valence-corrected chi connectivity index (χ2v) is 3.54. The molecule has 0 aliphatic rings. The fourth-order valence-electron chi connectivity index (χ4n) is 1.36. The van der Waals surface area contributed by atoms with Gasteiger partial charge in [0.1, 0.15) is 12.2 Å². The minimum Gasteiger partial charge on any atom is -0.467 e. The number of ether oxygens (including phenoxy) is 1. The first-order chi connectivity index (χ1) is 8.69. The van der Waals surface area contributed by atoms with Gasteiger partial charge in [-0.15, -0.1) is 10.2 Å². The molecule has 0 spiro atoms. The third-order valence-electron chi connectivity index (χ3n) is 2.25. The van der Waals surface area contributed by atoms with E-state index in [-0.39, 0.29) is 12.0 Å². The van der Waals surface area contributed by atoms with Crippen LogP contribution in [-0.4, -0.2) is 43.4 Å². The van der Waals surface area contributed by atoms with Gasteiger partial charge in [-0.2, -0.15) is 15.0 Å². The van der Waals surface area contributed by atoms with Gasteiger partial charge in [-0.1, -0.05) is 0 Å². The summed E-state index contributed by atoms with van der Waals surface area (Å²) in [6, 6.07) is 0.184. The van der Waals surface area contributed by atoms with E-state index in [4.69, 9.17) is 10.5 Å². The molecule has 2 aromatic rings. The summed E-state index contributed by atoms with van der Waals surface area (Å²) < 4.78 is 6.75. The fraction of sp³-hybridized carbons (Fsp3) is 0.444. The highest BCUT2D eigenvalue weighted by molar-refractivity contribution is 5.32. The van der Waals surface area contributed by atoms with Gasteiger partial charge in [-0.25, -0.2) is 0 Å². The first-order valence-corrected chi connectivity index (χ1v) is 5.31. The smallest absolute Gasteiger partial charge is 0.322 e. The highest BCUT2D eigenvalue weighted by Crippen LogP contribution is 2.07. The van der Waals surface area contributed by atoms with Gasteiger partial charge in [0, 0.05) is 20.0 Å². The lowest BCUT2D eigenvalue weighted by atomic mass is 10.4. The van der Waals surface area contributed by atoms with Crippen LogP contribution < -0.4 is 15.8 Å². The van der Waals surface area contributed by atoms with Crippen molar-refractivity contribution in [1.29, 1.82) is 0 Å². The van der Waals surface area contributed by atoms with Crippen LogP contribution >= 0.6 is 0 Å². The minimum atomic E-state index is 0.114. The van der Waals surface area contributed by atoms with Crippen LogP contribution in [0.4, 0.5) is 11.9 Å². The van der Waals surface area contributed by atoms with Crippen molar-refractivity contribution in [3.05, 3.63) is 12.2 Å². The molecule has 0 aliphatic heterocycles. The molecule has 9 nitrogen and oxygen atoms in total. The summed E-state index contributed by atoms with van der Waals surface area (Å²) in [6.07, 6.45) is 2.35. The van der Waals surface area contributed by atoms with Gasteiger partial charge in [0.15, 0.2) is 0 Å². The van der Waals surface area contributed by atoms with Gasteiger partial charge in [-0.3, -0.25) is 0 Å². The van der Waals surface area contributed by atoms with E-state index in [0.29, 0.717) is 18.9 Å². The monoisotopic (exact) mass is 250 g/mol. The predicted octanol–water partition coefficient (Wildman–Crippen LogP) is -0.755. The number of nitrogens with two attached hydrogens (primary N) is 1. The molecule has 0 unspecified atom stereocenters. The number of aromatic nitrogens is 6. The molecule has 0 bridgehead atoms. The molecular weight excluding hydrogens is 236 g/mol. The molecule has 0 aromatic carbocycles. The van der Waals surface area contributed by atoms with Crippen LogP contribution in [0.2, 0.25) is 0 Å². The van der Waals surface area contributed by atoms with Crippen LogP contribution in [0.25, 0.3) is 0 Å². The van der Waals surface area contributed by atoms with Crippen molar-refractivity contribution < 1.29 is 4.74 Å². The zero-order valence-corrected chi connectivity index (χ0v) is 10.2. The first kappa shape index (κ1) is 12.0. The van der Waals surface area contributed by atoms with E-state index >= 15 is 0 Å². The maximum absolute atomic E-state index is 5.52. The molecule has 3 N–H and O–H groups in total. The average Bonchev–Trinajstić information content (AvgIpc) is 2.74. The topological polar surface area (TPSA) is 117 Å². The molecule has 0 atom stereocenters. The summed E-state index contributed by atoms with van der Waals surface area (Å²) in [5, 5.41) is 10.8. The van der Waals surface area contributed by atoms with Crippen molar-refractivity contribution in [3.8, 4) is 6.01 Å². The van der Waals surface area contributed by atoms with E-state index in [1.54, 1.807) is 6.33 Å². The van der Waals surface area contributed by atoms with Crippen LogP contribution in [0.3, 0.4) is 0 Å². The Bertz CT molecular complexity index is 525. The zero-order chi connectivity index (χ0) is 13.0. The Balaban J connectivity index is 1.94. The molecule has 0 aliphatic carbocycles. The summed E-state index contributed by atoms with van der Waals surface area (Å²) in [7, 11) is 3.36. The third kappa shape index (κ3) is 2.81. The SMILES string of the molecule is COc1nc(N)nc(NCCc2nncn2C)n1. The van der Waals surface area contributed by atoms with Gasteiger partial charge in [0.2, 0.25) is 11.9 Å². The Labute approximate surface area is 103 Å². The van der Waals surface area contributed by atoms with Crippen LogP contribution in [0.15, 0.2) is 6.33 Å². The quantitative estimate of drug-likeness (QED) is 0.711. The molecule has 2 heterocycles. The number of nitrogen functional groups attached to an aromatic ring is 1. The summed E-state index contributed by atoms with van der Waals surface area (Å²) in [5.41, 5.74) is 5.52. The second-order valence-electron chi connectivity index (χ2n) is 3.54. The molecule has 0 saturated heterocycles. The number of hydrogen-bond donors (Lipinski definition) is 2. The third-order valence-corrected chi connectivity index (χ3v) is 2.25. The number of nitrogens with zero attached hydrogens (tertiary/aromatic N) is 6. The Hall–Kier alpha value is -2.45. The molecule has 0 saturated carbocycles. The zero-order valence-electron chi connectivity index (χ0n) is 10.2. The van der Waals surface area contributed by atoms with E-state index in [1.807, 2.05) is 11.6 Å². The van der Waals surface area contributed by atoms with E-state index in [2.05, 4.69) is 30.5 Å². The van der Waals surface area contributed by atoms with E-state index < -0.39 is 0 Å². The first-order valence-electron chi connectivity index (χ1n) is 5.31. The molecule has 0 radical (unpaired) electrons. The van der Waals surface area contributed by atoms with Crippen LogP contribution in [-0.2, 0) is 13.5 Å². The van der Waals surface area contributed by atoms with Crippen molar-refractivity contribution in [1.82, 2.24) is 29.7 Å². The summed E-state index contributed by atoms with van der Waals surface area (Å²) in [4.78, 5) is 11.8. The number of methoxy groups -OCH3 is 1. The number of rotatable bonds is 5. The predicted molar refractivity (Wildman–Crippen MR) is 64.0 cm³/mol. The summed E-state index contributed by atoms with van der Waals surface area (Å²) in [5.74, 6) is 1.36. The van der Waals surface area contributed by atoms with Crippen LogP contribution in [0.5, 0.6) is 6.01 Å². The summed E-state index contributed by atoms with van der Waals surface area (Å²) >= 11 is 0. The Kier molecular flexibility index (Phi) is 3.51. The second kappa shape index (κ2) is 5.25. The highest BCUT2D eigenvalue weighted by Gasteiger charge is 2.05. The largest absolute Gasteiger partial charge is 0.467 e. The summed E-state index contributed by atoms with van der Waals surface area (Å²) in [6.45, 7) is 0.610. The normalized spacial score (nSPS) is 10.3. The molecule has 0 fully saturated rings. The fourth-order valence-corrected chi connectivity index (χ4v) is 1.36. The van der Waals surface area contributed by atoms with Gasteiger partial charge >= 0.3 is 6.01 Å². The lowest BCUT2D eigenvalue weighted by molar-refractivity contribution is 0.379. The maximum atomic E-state index is 5.52. The molecule has 9 heteroatoms. The van der Waals surface area contributed by atoms with Gasteiger partial charge in [-0.05, 0) is 0 Å². The number of aryl methyl sites for hydroxylation is 1. The van der Waals surface area contributed by atoms with Crippen molar-refractivity contribution in [2.24, 2.45) is 7.05 Å². The van der Waals surface area contributed by atoms with Crippen LogP contribution in [0.1, 0.15) is 5.82 Å². The van der Waals surface area contributed by atoms with Crippen molar-refractivity contribution in [2.45, 2.75) is 6.42 Å². The van der Waals surface area contributed by atoms with Crippen LogP contribution in [0, 0.1) is 0 Å². The van der Waals surface area contributed by atoms with Gasteiger partial charge < -0.3 is 20.4 Å². The molecule has 0 amide bonds.